The number of hydrogen-bond donors (Lipinski definition) is 2. The van der Waals surface area contributed by atoms with Gasteiger partial charge in [-0.15, -0.1) is 12.4 Å². The lowest BCUT2D eigenvalue weighted by molar-refractivity contribution is 0.0141. The molecule has 0 saturated carbocycles. The Morgan fingerprint density at radius 1 is 1.24 bits per heavy atom. The summed E-state index contributed by atoms with van der Waals surface area (Å²) in [5, 5.41) is 18.0. The highest BCUT2D eigenvalue weighted by Crippen LogP contribution is 2.20. The quantitative estimate of drug-likeness (QED) is 0.813. The lowest BCUT2D eigenvalue weighted by Gasteiger charge is -2.21. The molecular weight excluding hydrogens is 242 g/mol. The van der Waals surface area contributed by atoms with E-state index in [9.17, 15) is 5.11 Å². The Hall–Kier alpha value is -0.810. The Labute approximate surface area is 108 Å². The fourth-order valence-corrected chi connectivity index (χ4v) is 1.47. The minimum absolute atomic E-state index is 0. The van der Waals surface area contributed by atoms with Gasteiger partial charge in [-0.2, -0.15) is 0 Å². The van der Waals surface area contributed by atoms with E-state index in [-0.39, 0.29) is 30.9 Å². The molecule has 0 aliphatic heterocycles. The molecule has 4 nitrogen and oxygen atoms in total. The topological polar surface area (TPSA) is 52.9 Å². The average Bonchev–Trinajstić information content (AvgIpc) is 2.25. The molecule has 5 heteroatoms. The van der Waals surface area contributed by atoms with E-state index in [1.165, 1.54) is 0 Å². The maximum absolute atomic E-state index is 9.21. The number of aliphatic hydroxyl groups excluding tert-OH is 1. The molecule has 0 aliphatic carbocycles. The van der Waals surface area contributed by atoms with Crippen LogP contribution in [0.25, 0.3) is 0 Å². The zero-order valence-corrected chi connectivity index (χ0v) is 11.0. The number of likely N-dealkylation sites (N-methyl/N-ethyl adjacent to an activating group) is 1. The van der Waals surface area contributed by atoms with Gasteiger partial charge in [0.15, 0.2) is 0 Å². The highest BCUT2D eigenvalue weighted by Gasteiger charge is 2.12. The van der Waals surface area contributed by atoms with Crippen molar-refractivity contribution in [1.29, 1.82) is 0 Å². The van der Waals surface area contributed by atoms with E-state index in [0.29, 0.717) is 6.61 Å². The molecule has 1 atom stereocenters. The molecule has 0 spiro atoms. The summed E-state index contributed by atoms with van der Waals surface area (Å²) >= 11 is 0. The summed E-state index contributed by atoms with van der Waals surface area (Å²) in [5.74, 6) is 0.245. The maximum atomic E-state index is 9.21. The molecule has 1 aromatic rings. The summed E-state index contributed by atoms with van der Waals surface area (Å²) in [5.41, 5.74) is 1.000. The van der Waals surface area contributed by atoms with Gasteiger partial charge in [-0.05, 0) is 31.8 Å². The molecule has 2 N–H and O–H groups in total. The van der Waals surface area contributed by atoms with Gasteiger partial charge in [0.2, 0.25) is 0 Å². The normalized spacial score (nSPS) is 12.2. The van der Waals surface area contributed by atoms with Crippen LogP contribution in [0.5, 0.6) is 5.75 Å². The van der Waals surface area contributed by atoms with Crippen LogP contribution in [0.1, 0.15) is 11.7 Å². The number of hydrogen-bond acceptors (Lipinski definition) is 4. The van der Waals surface area contributed by atoms with Crippen LogP contribution in [-0.4, -0.2) is 49.0 Å². The van der Waals surface area contributed by atoms with Gasteiger partial charge in [-0.25, -0.2) is 0 Å². The number of ether oxygens (including phenoxy) is 1. The van der Waals surface area contributed by atoms with Crippen LogP contribution in [-0.2, 0) is 4.74 Å². The Morgan fingerprint density at radius 2 is 1.82 bits per heavy atom. The van der Waals surface area contributed by atoms with Crippen molar-refractivity contribution >= 4 is 12.4 Å². The van der Waals surface area contributed by atoms with Crippen molar-refractivity contribution in [3.05, 3.63) is 29.8 Å². The van der Waals surface area contributed by atoms with Crippen LogP contribution in [0.15, 0.2) is 24.3 Å². The van der Waals surface area contributed by atoms with E-state index < -0.39 is 0 Å². The molecule has 0 fully saturated rings. The van der Waals surface area contributed by atoms with E-state index in [0.717, 1.165) is 12.1 Å². The zero-order chi connectivity index (χ0) is 12.0. The Kier molecular flexibility index (Phi) is 7.91. The first-order valence-electron chi connectivity index (χ1n) is 5.29. The van der Waals surface area contributed by atoms with Crippen molar-refractivity contribution in [3.8, 4) is 5.75 Å². The number of phenols is 1. The number of phenolic OH excluding ortho intramolecular Hbond substituents is 1. The molecule has 98 valence electrons. The number of aliphatic hydroxyl groups is 1. The molecule has 1 rings (SSSR count). The fraction of sp³-hybridized carbons (Fsp3) is 0.500. The number of halogens is 1. The van der Waals surface area contributed by atoms with Gasteiger partial charge in [-0.1, -0.05) is 12.1 Å². The number of aromatic hydroxyl groups is 1. The van der Waals surface area contributed by atoms with Crippen LogP contribution in [0.2, 0.25) is 0 Å². The van der Waals surface area contributed by atoms with E-state index in [4.69, 9.17) is 9.84 Å². The molecule has 0 saturated heterocycles. The summed E-state index contributed by atoms with van der Waals surface area (Å²) in [6.45, 7) is 1.08. The third-order valence-corrected chi connectivity index (χ3v) is 2.21. The third-order valence-electron chi connectivity index (χ3n) is 2.21. The van der Waals surface area contributed by atoms with E-state index in [1.54, 1.807) is 12.1 Å². The average molecular weight is 262 g/mol. The second kappa shape index (κ2) is 8.31. The van der Waals surface area contributed by atoms with E-state index in [1.807, 2.05) is 31.1 Å². The van der Waals surface area contributed by atoms with Crippen molar-refractivity contribution in [1.82, 2.24) is 4.90 Å². The van der Waals surface area contributed by atoms with E-state index in [2.05, 4.69) is 0 Å². The minimum Gasteiger partial charge on any atom is -0.508 e. The van der Waals surface area contributed by atoms with Gasteiger partial charge >= 0.3 is 0 Å². The number of nitrogens with zero attached hydrogens (tertiary/aromatic N) is 1. The van der Waals surface area contributed by atoms with Crippen molar-refractivity contribution in [3.63, 3.8) is 0 Å². The molecule has 17 heavy (non-hydrogen) atoms. The van der Waals surface area contributed by atoms with Crippen molar-refractivity contribution in [2.24, 2.45) is 0 Å². The van der Waals surface area contributed by atoms with Gasteiger partial charge in [0.25, 0.3) is 0 Å². The number of benzene rings is 1. The highest BCUT2D eigenvalue weighted by molar-refractivity contribution is 5.85. The first-order chi connectivity index (χ1) is 7.63. The summed E-state index contributed by atoms with van der Waals surface area (Å²) in [6, 6.07) is 6.95. The lowest BCUT2D eigenvalue weighted by atomic mass is 10.1. The van der Waals surface area contributed by atoms with Crippen LogP contribution in [0.4, 0.5) is 0 Å². The molecule has 0 amide bonds. The fourth-order valence-electron chi connectivity index (χ4n) is 1.47. The van der Waals surface area contributed by atoms with Crippen LogP contribution in [0.3, 0.4) is 0 Å². The Morgan fingerprint density at radius 3 is 2.29 bits per heavy atom. The molecule has 0 bridgehead atoms. The van der Waals surface area contributed by atoms with Crippen molar-refractivity contribution in [2.75, 3.05) is 33.9 Å². The molecule has 0 radical (unpaired) electrons. The second-order valence-electron chi connectivity index (χ2n) is 3.94. The third kappa shape index (κ3) is 5.89. The lowest BCUT2D eigenvalue weighted by Crippen LogP contribution is -2.23. The highest BCUT2D eigenvalue weighted by atomic mass is 35.5. The second-order valence-corrected chi connectivity index (χ2v) is 3.94. The van der Waals surface area contributed by atoms with Gasteiger partial charge in [0, 0.05) is 6.54 Å². The van der Waals surface area contributed by atoms with Crippen molar-refractivity contribution in [2.45, 2.75) is 6.10 Å². The van der Waals surface area contributed by atoms with Gasteiger partial charge in [-0.3, -0.25) is 0 Å². The Balaban J connectivity index is 0.00000256. The van der Waals surface area contributed by atoms with E-state index >= 15 is 0 Å². The van der Waals surface area contributed by atoms with Crippen LogP contribution >= 0.6 is 12.4 Å². The van der Waals surface area contributed by atoms with Gasteiger partial charge in [0.1, 0.15) is 5.75 Å². The first kappa shape index (κ1) is 16.2. The van der Waals surface area contributed by atoms with Crippen molar-refractivity contribution < 1.29 is 14.9 Å². The molecular formula is C12H20ClNO3. The molecule has 1 unspecified atom stereocenters. The molecule has 0 aliphatic rings. The zero-order valence-electron chi connectivity index (χ0n) is 10.2. The monoisotopic (exact) mass is 261 g/mol. The SMILES string of the molecule is CN(C)CC(OCCO)c1ccc(O)cc1.Cl. The maximum Gasteiger partial charge on any atom is 0.115 e. The predicted octanol–water partition coefficient (Wildman–Crippen LogP) is 1.43. The van der Waals surface area contributed by atoms with Crippen LogP contribution < -0.4 is 0 Å². The summed E-state index contributed by atoms with van der Waals surface area (Å²) in [4.78, 5) is 2.02. The van der Waals surface area contributed by atoms with Crippen LogP contribution in [0, 0.1) is 0 Å². The van der Waals surface area contributed by atoms with Gasteiger partial charge in [0.05, 0.1) is 19.3 Å². The standard InChI is InChI=1S/C12H19NO3.ClH/c1-13(2)9-12(16-8-7-14)10-3-5-11(15)6-4-10;/h3-6,12,14-15H,7-9H2,1-2H3;1H. The largest absolute Gasteiger partial charge is 0.508 e. The molecule has 0 heterocycles. The summed E-state index contributed by atoms with van der Waals surface area (Å²) in [6.07, 6.45) is -0.0808. The Bertz CT molecular complexity index is 303. The number of rotatable bonds is 6. The minimum atomic E-state index is -0.0808. The van der Waals surface area contributed by atoms with Gasteiger partial charge < -0.3 is 19.8 Å². The predicted molar refractivity (Wildman–Crippen MR) is 69.7 cm³/mol. The smallest absolute Gasteiger partial charge is 0.115 e. The molecule has 1 aromatic carbocycles. The first-order valence-corrected chi connectivity index (χ1v) is 5.29. The summed E-state index contributed by atoms with van der Waals surface area (Å²) < 4.78 is 5.55. The summed E-state index contributed by atoms with van der Waals surface area (Å²) in [7, 11) is 3.94. The molecule has 0 aromatic heterocycles.